The standard InChI is InChI=1S/C22H26N4O7S/c1-15(21(29)24-22(23)30)33-20(28)9-8-19(27)25-10-12-26(13-11-25)34(31,32)18-7-6-16-4-2-3-5-17(16)14-18/h2-7,14-15H,8-13H2,1H3,(H3,23,24,29,30)/t15-/m0/s1. The van der Waals surface area contributed by atoms with Crippen LogP contribution in [0.25, 0.3) is 10.8 Å². The molecule has 0 aromatic heterocycles. The molecular weight excluding hydrogens is 464 g/mol. The molecule has 1 heterocycles. The van der Waals surface area contributed by atoms with Gasteiger partial charge < -0.3 is 15.4 Å². The first-order valence-electron chi connectivity index (χ1n) is 10.6. The number of piperazine rings is 1. The number of urea groups is 1. The van der Waals surface area contributed by atoms with E-state index in [4.69, 9.17) is 10.5 Å². The minimum absolute atomic E-state index is 0.135. The lowest BCUT2D eigenvalue weighted by Gasteiger charge is -2.34. The van der Waals surface area contributed by atoms with Gasteiger partial charge in [0.25, 0.3) is 5.91 Å². The molecule has 0 aliphatic carbocycles. The first kappa shape index (κ1) is 25.1. The summed E-state index contributed by atoms with van der Waals surface area (Å²) < 4.78 is 32.3. The van der Waals surface area contributed by atoms with Crippen LogP contribution in [0.3, 0.4) is 0 Å². The van der Waals surface area contributed by atoms with E-state index in [-0.39, 0.29) is 49.8 Å². The van der Waals surface area contributed by atoms with Gasteiger partial charge in [0.2, 0.25) is 15.9 Å². The van der Waals surface area contributed by atoms with Crippen molar-refractivity contribution in [2.24, 2.45) is 5.73 Å². The second-order valence-electron chi connectivity index (χ2n) is 7.78. The Morgan fingerprint density at radius 2 is 1.65 bits per heavy atom. The molecule has 0 saturated carbocycles. The highest BCUT2D eigenvalue weighted by molar-refractivity contribution is 7.89. The maximum absolute atomic E-state index is 13.0. The average Bonchev–Trinajstić information content (AvgIpc) is 2.81. The number of benzene rings is 2. The van der Waals surface area contributed by atoms with E-state index in [0.717, 1.165) is 10.8 Å². The maximum atomic E-state index is 13.0. The second-order valence-corrected chi connectivity index (χ2v) is 9.72. The monoisotopic (exact) mass is 490 g/mol. The minimum Gasteiger partial charge on any atom is -0.453 e. The van der Waals surface area contributed by atoms with Gasteiger partial charge in [-0.3, -0.25) is 19.7 Å². The zero-order valence-corrected chi connectivity index (χ0v) is 19.4. The third kappa shape index (κ3) is 6.08. The number of fused-ring (bicyclic) bond motifs is 1. The fourth-order valence-corrected chi connectivity index (χ4v) is 5.01. The van der Waals surface area contributed by atoms with Crippen LogP contribution < -0.4 is 11.1 Å². The Morgan fingerprint density at radius 1 is 1.00 bits per heavy atom. The van der Waals surface area contributed by atoms with E-state index in [0.29, 0.717) is 0 Å². The number of hydrogen-bond acceptors (Lipinski definition) is 7. The molecule has 3 N–H and O–H groups in total. The van der Waals surface area contributed by atoms with Crippen LogP contribution >= 0.6 is 0 Å². The molecule has 0 radical (unpaired) electrons. The van der Waals surface area contributed by atoms with Crippen LogP contribution in [-0.4, -0.2) is 73.7 Å². The first-order chi connectivity index (χ1) is 16.1. The van der Waals surface area contributed by atoms with E-state index in [1.54, 1.807) is 23.5 Å². The lowest BCUT2D eigenvalue weighted by molar-refractivity contribution is -0.155. The van der Waals surface area contributed by atoms with E-state index in [2.05, 4.69) is 0 Å². The lowest BCUT2D eigenvalue weighted by Crippen LogP contribution is -2.50. The van der Waals surface area contributed by atoms with Crippen LogP contribution in [0.4, 0.5) is 4.79 Å². The number of primary amides is 1. The van der Waals surface area contributed by atoms with E-state index < -0.39 is 34.0 Å². The molecule has 0 unspecified atom stereocenters. The van der Waals surface area contributed by atoms with Gasteiger partial charge in [0.1, 0.15) is 0 Å². The fraction of sp³-hybridized carbons (Fsp3) is 0.364. The van der Waals surface area contributed by atoms with E-state index in [1.807, 2.05) is 24.3 Å². The molecule has 3 rings (SSSR count). The molecule has 11 nitrogen and oxygen atoms in total. The second kappa shape index (κ2) is 10.6. The number of nitrogens with two attached hydrogens (primary N) is 1. The molecule has 1 fully saturated rings. The number of nitrogens with one attached hydrogen (secondary N) is 1. The van der Waals surface area contributed by atoms with E-state index in [1.165, 1.54) is 16.1 Å². The van der Waals surface area contributed by atoms with Crippen molar-refractivity contribution in [2.45, 2.75) is 30.8 Å². The summed E-state index contributed by atoms with van der Waals surface area (Å²) in [6, 6.07) is 11.4. The number of sulfonamides is 1. The molecule has 1 aliphatic heterocycles. The largest absolute Gasteiger partial charge is 0.453 e. The zero-order valence-electron chi connectivity index (χ0n) is 18.6. The van der Waals surface area contributed by atoms with Crippen molar-refractivity contribution in [2.75, 3.05) is 26.2 Å². The smallest absolute Gasteiger partial charge is 0.318 e. The Bertz CT molecular complexity index is 1210. The summed E-state index contributed by atoms with van der Waals surface area (Å²) in [6.45, 7) is 1.93. The van der Waals surface area contributed by atoms with Crippen LogP contribution in [0.5, 0.6) is 0 Å². The number of ether oxygens (including phenoxy) is 1. The molecule has 2 aromatic carbocycles. The van der Waals surface area contributed by atoms with Crippen LogP contribution in [0.1, 0.15) is 19.8 Å². The highest BCUT2D eigenvalue weighted by Crippen LogP contribution is 2.23. The van der Waals surface area contributed by atoms with Crippen molar-refractivity contribution in [1.82, 2.24) is 14.5 Å². The number of carbonyl (C=O) groups is 4. The van der Waals surface area contributed by atoms with Gasteiger partial charge in [0.05, 0.1) is 11.3 Å². The molecule has 12 heteroatoms. The summed E-state index contributed by atoms with van der Waals surface area (Å²) in [5, 5.41) is 3.56. The van der Waals surface area contributed by atoms with Gasteiger partial charge in [-0.15, -0.1) is 0 Å². The fourth-order valence-electron chi connectivity index (χ4n) is 3.55. The third-order valence-corrected chi connectivity index (χ3v) is 7.31. The average molecular weight is 491 g/mol. The number of rotatable bonds is 7. The summed E-state index contributed by atoms with van der Waals surface area (Å²) in [5.74, 6) is -1.97. The van der Waals surface area contributed by atoms with Gasteiger partial charge >= 0.3 is 12.0 Å². The third-order valence-electron chi connectivity index (χ3n) is 5.42. The lowest BCUT2D eigenvalue weighted by atomic mass is 10.1. The predicted octanol–water partition coefficient (Wildman–Crippen LogP) is 0.580. The van der Waals surface area contributed by atoms with E-state index in [9.17, 15) is 27.6 Å². The summed E-state index contributed by atoms with van der Waals surface area (Å²) in [5.41, 5.74) is 4.83. The van der Waals surface area contributed by atoms with Gasteiger partial charge in [-0.25, -0.2) is 13.2 Å². The quantitative estimate of drug-likeness (QED) is 0.538. The van der Waals surface area contributed by atoms with Crippen LogP contribution in [0.2, 0.25) is 0 Å². The molecule has 2 aromatic rings. The van der Waals surface area contributed by atoms with Crippen molar-refractivity contribution in [1.29, 1.82) is 0 Å². The molecular formula is C22H26N4O7S. The van der Waals surface area contributed by atoms with Crippen LogP contribution in [0, 0.1) is 0 Å². The van der Waals surface area contributed by atoms with Crippen molar-refractivity contribution in [3.63, 3.8) is 0 Å². The van der Waals surface area contributed by atoms with Gasteiger partial charge in [-0.2, -0.15) is 4.31 Å². The van der Waals surface area contributed by atoms with Gasteiger partial charge in [0.15, 0.2) is 6.10 Å². The summed E-state index contributed by atoms with van der Waals surface area (Å²) in [6.07, 6.45) is -1.65. The summed E-state index contributed by atoms with van der Waals surface area (Å²) in [7, 11) is -3.71. The van der Waals surface area contributed by atoms with Gasteiger partial charge in [0, 0.05) is 32.6 Å². The SMILES string of the molecule is C[C@H](OC(=O)CCC(=O)N1CCN(S(=O)(=O)c2ccc3ccccc3c2)CC1)C(=O)NC(N)=O. The normalized spacial score (nSPS) is 15.5. The summed E-state index contributed by atoms with van der Waals surface area (Å²) in [4.78, 5) is 48.2. The van der Waals surface area contributed by atoms with Crippen LogP contribution in [0.15, 0.2) is 47.4 Å². The van der Waals surface area contributed by atoms with Crippen molar-refractivity contribution in [3.05, 3.63) is 42.5 Å². The minimum atomic E-state index is -3.71. The predicted molar refractivity (Wildman–Crippen MR) is 122 cm³/mol. The Balaban J connectivity index is 1.49. The Labute approximate surface area is 196 Å². The molecule has 1 aliphatic rings. The summed E-state index contributed by atoms with van der Waals surface area (Å²) >= 11 is 0. The topological polar surface area (TPSA) is 156 Å². The molecule has 0 bridgehead atoms. The molecule has 1 saturated heterocycles. The highest BCUT2D eigenvalue weighted by Gasteiger charge is 2.30. The molecule has 4 amide bonds. The first-order valence-corrected chi connectivity index (χ1v) is 12.1. The number of hydrogen-bond donors (Lipinski definition) is 2. The molecule has 0 spiro atoms. The van der Waals surface area contributed by atoms with Crippen molar-refractivity contribution >= 4 is 44.6 Å². The van der Waals surface area contributed by atoms with Crippen molar-refractivity contribution < 1.29 is 32.3 Å². The number of esters is 1. The van der Waals surface area contributed by atoms with Gasteiger partial charge in [-0.1, -0.05) is 30.3 Å². The van der Waals surface area contributed by atoms with Gasteiger partial charge in [-0.05, 0) is 29.8 Å². The van der Waals surface area contributed by atoms with Crippen molar-refractivity contribution in [3.8, 4) is 0 Å². The molecule has 182 valence electrons. The number of imide groups is 1. The Hall–Kier alpha value is -3.51. The number of carbonyl (C=O) groups excluding carboxylic acids is 4. The molecule has 1 atom stereocenters. The zero-order chi connectivity index (χ0) is 24.9. The number of amides is 4. The maximum Gasteiger partial charge on any atom is 0.318 e. The van der Waals surface area contributed by atoms with Crippen LogP contribution in [-0.2, 0) is 29.1 Å². The highest BCUT2D eigenvalue weighted by atomic mass is 32.2. The Morgan fingerprint density at radius 3 is 2.29 bits per heavy atom. The van der Waals surface area contributed by atoms with E-state index >= 15 is 0 Å². The Kier molecular flexibility index (Phi) is 7.84. The number of nitrogens with zero attached hydrogens (tertiary/aromatic N) is 2. The molecule has 34 heavy (non-hydrogen) atoms.